The molecule has 0 bridgehead atoms. The second-order valence-electron chi connectivity index (χ2n) is 6.28. The summed E-state index contributed by atoms with van der Waals surface area (Å²) in [5.74, 6) is 2.48. The highest BCUT2D eigenvalue weighted by molar-refractivity contribution is 5.77. The van der Waals surface area contributed by atoms with Crippen molar-refractivity contribution in [3.63, 3.8) is 0 Å². The maximum Gasteiger partial charge on any atom is 0.134 e. The zero-order valence-electron chi connectivity index (χ0n) is 12.3. The third-order valence-electron chi connectivity index (χ3n) is 4.87. The average molecular weight is 271 g/mol. The molecule has 0 saturated heterocycles. The fourth-order valence-electron chi connectivity index (χ4n) is 3.64. The van der Waals surface area contributed by atoms with Crippen molar-refractivity contribution < 1.29 is 4.42 Å². The smallest absolute Gasteiger partial charge is 0.134 e. The van der Waals surface area contributed by atoms with Gasteiger partial charge in [0.05, 0.1) is 6.04 Å². The van der Waals surface area contributed by atoms with Crippen LogP contribution in [0.4, 0.5) is 0 Å². The summed E-state index contributed by atoms with van der Waals surface area (Å²) in [5.41, 5.74) is 7.42. The Balaban J connectivity index is 1.68. The Hall–Kier alpha value is -1.28. The Bertz CT molecular complexity index is 518. The number of para-hydroxylation sites is 1. The predicted molar refractivity (Wildman–Crippen MR) is 83.5 cm³/mol. The van der Waals surface area contributed by atoms with Crippen LogP contribution in [0, 0.1) is 11.8 Å². The highest BCUT2D eigenvalue weighted by atomic mass is 16.3. The number of hydrogen-bond donors (Lipinski definition) is 1. The molecule has 2 aromatic rings. The lowest BCUT2D eigenvalue weighted by atomic mass is 9.77. The number of hydrogen-bond acceptors (Lipinski definition) is 2. The third-order valence-corrected chi connectivity index (χ3v) is 4.87. The number of nitrogens with two attached hydrogens (primary N) is 1. The second kappa shape index (κ2) is 6.01. The van der Waals surface area contributed by atoms with E-state index in [1.807, 2.05) is 18.2 Å². The van der Waals surface area contributed by atoms with E-state index in [0.29, 0.717) is 5.92 Å². The van der Waals surface area contributed by atoms with Crippen LogP contribution >= 0.6 is 0 Å². The lowest BCUT2D eigenvalue weighted by Gasteiger charge is -2.31. The molecule has 108 valence electrons. The molecule has 1 aliphatic carbocycles. The molecule has 1 aromatic carbocycles. The Morgan fingerprint density at radius 2 is 1.95 bits per heavy atom. The van der Waals surface area contributed by atoms with E-state index in [1.54, 1.807) is 0 Å². The molecular formula is C18H25NO. The van der Waals surface area contributed by atoms with E-state index < -0.39 is 0 Å². The summed E-state index contributed by atoms with van der Waals surface area (Å²) in [5, 5.41) is 1.16. The van der Waals surface area contributed by atoms with Crippen LogP contribution in [0.25, 0.3) is 11.0 Å². The van der Waals surface area contributed by atoms with Crippen LogP contribution in [0.2, 0.25) is 0 Å². The van der Waals surface area contributed by atoms with Gasteiger partial charge in [0, 0.05) is 5.39 Å². The molecule has 0 spiro atoms. The molecule has 1 heterocycles. The van der Waals surface area contributed by atoms with Crippen LogP contribution in [0.15, 0.2) is 34.7 Å². The Morgan fingerprint density at radius 1 is 1.20 bits per heavy atom. The molecule has 1 aliphatic rings. The zero-order chi connectivity index (χ0) is 13.9. The molecule has 2 heteroatoms. The fraction of sp³-hybridized carbons (Fsp3) is 0.556. The first-order chi connectivity index (χ1) is 9.78. The largest absolute Gasteiger partial charge is 0.459 e. The topological polar surface area (TPSA) is 39.2 Å². The molecular weight excluding hydrogens is 246 g/mol. The first kappa shape index (κ1) is 13.7. The first-order valence-corrected chi connectivity index (χ1v) is 8.02. The van der Waals surface area contributed by atoms with Gasteiger partial charge in [-0.2, -0.15) is 0 Å². The molecule has 20 heavy (non-hydrogen) atoms. The van der Waals surface area contributed by atoms with E-state index in [9.17, 15) is 0 Å². The molecule has 1 atom stereocenters. The van der Waals surface area contributed by atoms with Crippen LogP contribution in [0.3, 0.4) is 0 Å². The third kappa shape index (κ3) is 2.76. The Kier molecular flexibility index (Phi) is 4.11. The summed E-state index contributed by atoms with van der Waals surface area (Å²) in [6, 6.07) is 10.3. The Labute approximate surface area is 121 Å². The van der Waals surface area contributed by atoms with Crippen molar-refractivity contribution >= 4 is 11.0 Å². The van der Waals surface area contributed by atoms with E-state index in [-0.39, 0.29) is 6.04 Å². The molecule has 1 aromatic heterocycles. The van der Waals surface area contributed by atoms with Gasteiger partial charge in [-0.3, -0.25) is 0 Å². The van der Waals surface area contributed by atoms with Gasteiger partial charge in [-0.25, -0.2) is 0 Å². The van der Waals surface area contributed by atoms with Crippen molar-refractivity contribution in [2.75, 3.05) is 0 Å². The highest BCUT2D eigenvalue weighted by Gasteiger charge is 2.27. The first-order valence-electron chi connectivity index (χ1n) is 8.02. The standard InChI is InChI=1S/C18H25NO/c1-2-5-13-8-10-14(11-9-13)18(19)17-12-15-6-3-4-7-16(15)20-17/h3-4,6-7,12-14,18H,2,5,8-11,19H2,1H3. The quantitative estimate of drug-likeness (QED) is 0.846. The van der Waals surface area contributed by atoms with E-state index in [1.165, 1.54) is 38.5 Å². The maximum absolute atomic E-state index is 6.46. The minimum atomic E-state index is 0.0602. The average Bonchev–Trinajstić information content (AvgIpc) is 2.91. The molecule has 1 fully saturated rings. The number of fused-ring (bicyclic) bond motifs is 1. The van der Waals surface area contributed by atoms with Crippen molar-refractivity contribution in [2.24, 2.45) is 17.6 Å². The summed E-state index contributed by atoms with van der Waals surface area (Å²) in [4.78, 5) is 0. The number of furan rings is 1. The molecule has 1 unspecified atom stereocenters. The maximum atomic E-state index is 6.46. The van der Waals surface area contributed by atoms with Crippen molar-refractivity contribution in [1.82, 2.24) is 0 Å². The highest BCUT2D eigenvalue weighted by Crippen LogP contribution is 2.38. The normalized spacial score (nSPS) is 24.9. The van der Waals surface area contributed by atoms with Crippen molar-refractivity contribution in [3.8, 4) is 0 Å². The van der Waals surface area contributed by atoms with Gasteiger partial charge < -0.3 is 10.2 Å². The summed E-state index contributed by atoms with van der Waals surface area (Å²) in [6.45, 7) is 2.28. The molecule has 2 nitrogen and oxygen atoms in total. The van der Waals surface area contributed by atoms with Gasteiger partial charge in [0.25, 0.3) is 0 Å². The predicted octanol–water partition coefficient (Wildman–Crippen LogP) is 5.04. The van der Waals surface area contributed by atoms with Gasteiger partial charge in [-0.15, -0.1) is 0 Å². The fourth-order valence-corrected chi connectivity index (χ4v) is 3.64. The van der Waals surface area contributed by atoms with Crippen molar-refractivity contribution in [3.05, 3.63) is 36.1 Å². The van der Waals surface area contributed by atoms with Crippen LogP contribution in [-0.4, -0.2) is 0 Å². The van der Waals surface area contributed by atoms with Crippen LogP contribution in [-0.2, 0) is 0 Å². The van der Waals surface area contributed by atoms with E-state index in [2.05, 4.69) is 19.1 Å². The molecule has 3 rings (SSSR count). The molecule has 1 saturated carbocycles. The van der Waals surface area contributed by atoms with Gasteiger partial charge in [0.1, 0.15) is 11.3 Å². The SMILES string of the molecule is CCCC1CCC(C(N)c2cc3ccccc3o2)CC1. The van der Waals surface area contributed by atoms with Gasteiger partial charge in [0.2, 0.25) is 0 Å². The van der Waals surface area contributed by atoms with Crippen LogP contribution < -0.4 is 5.73 Å². The van der Waals surface area contributed by atoms with Crippen molar-refractivity contribution in [1.29, 1.82) is 0 Å². The van der Waals surface area contributed by atoms with E-state index in [0.717, 1.165) is 22.6 Å². The number of benzene rings is 1. The van der Waals surface area contributed by atoms with E-state index in [4.69, 9.17) is 10.2 Å². The zero-order valence-corrected chi connectivity index (χ0v) is 12.3. The van der Waals surface area contributed by atoms with Gasteiger partial charge in [-0.1, -0.05) is 50.8 Å². The van der Waals surface area contributed by atoms with Crippen LogP contribution in [0.5, 0.6) is 0 Å². The summed E-state index contributed by atoms with van der Waals surface area (Å²) in [7, 11) is 0. The second-order valence-corrected chi connectivity index (χ2v) is 6.28. The minimum Gasteiger partial charge on any atom is -0.459 e. The summed E-state index contributed by atoms with van der Waals surface area (Å²) < 4.78 is 5.93. The van der Waals surface area contributed by atoms with Gasteiger partial charge in [0.15, 0.2) is 0 Å². The summed E-state index contributed by atoms with van der Waals surface area (Å²) >= 11 is 0. The summed E-state index contributed by atoms with van der Waals surface area (Å²) in [6.07, 6.45) is 7.88. The monoisotopic (exact) mass is 271 g/mol. The van der Waals surface area contributed by atoms with Gasteiger partial charge >= 0.3 is 0 Å². The molecule has 0 aliphatic heterocycles. The Morgan fingerprint density at radius 3 is 2.65 bits per heavy atom. The van der Waals surface area contributed by atoms with E-state index >= 15 is 0 Å². The van der Waals surface area contributed by atoms with Gasteiger partial charge in [-0.05, 0) is 36.8 Å². The lowest BCUT2D eigenvalue weighted by Crippen LogP contribution is -2.25. The van der Waals surface area contributed by atoms with Crippen LogP contribution in [0.1, 0.15) is 57.3 Å². The number of rotatable bonds is 4. The molecule has 0 radical (unpaired) electrons. The lowest BCUT2D eigenvalue weighted by molar-refractivity contribution is 0.223. The minimum absolute atomic E-state index is 0.0602. The molecule has 2 N–H and O–H groups in total. The van der Waals surface area contributed by atoms with Crippen molar-refractivity contribution in [2.45, 2.75) is 51.5 Å². The molecule has 0 amide bonds.